The van der Waals surface area contributed by atoms with E-state index >= 15 is 0 Å². The molecule has 3 aromatic carbocycles. The lowest BCUT2D eigenvalue weighted by molar-refractivity contribution is -0.142. The van der Waals surface area contributed by atoms with Crippen molar-refractivity contribution >= 4 is 5.97 Å². The van der Waals surface area contributed by atoms with E-state index in [1.165, 1.54) is 0 Å². The van der Waals surface area contributed by atoms with E-state index in [-0.39, 0.29) is 6.04 Å². The summed E-state index contributed by atoms with van der Waals surface area (Å²) in [5.41, 5.74) is 4.33. The minimum atomic E-state index is -0.774. The number of benzene rings is 3. The SMILES string of the molecule is COc1ccc(C(c2ccc(-c3ccccc3)cc2)N2CCCC2C(=O)O)cc1OC. The van der Waals surface area contributed by atoms with E-state index in [1.807, 2.05) is 36.4 Å². The molecule has 0 saturated carbocycles. The van der Waals surface area contributed by atoms with E-state index in [9.17, 15) is 9.90 Å². The van der Waals surface area contributed by atoms with Crippen molar-refractivity contribution in [3.8, 4) is 22.6 Å². The summed E-state index contributed by atoms with van der Waals surface area (Å²) in [6.07, 6.45) is 1.52. The van der Waals surface area contributed by atoms with Gasteiger partial charge in [-0.15, -0.1) is 0 Å². The molecule has 5 nitrogen and oxygen atoms in total. The maximum atomic E-state index is 12.0. The molecule has 1 N–H and O–H groups in total. The Labute approximate surface area is 182 Å². The van der Waals surface area contributed by atoms with Crippen molar-refractivity contribution in [1.82, 2.24) is 4.90 Å². The van der Waals surface area contributed by atoms with Gasteiger partial charge in [-0.05, 0) is 47.2 Å². The maximum Gasteiger partial charge on any atom is 0.320 e. The normalized spacial score (nSPS) is 17.3. The third-order valence-corrected chi connectivity index (χ3v) is 5.97. The lowest BCUT2D eigenvalue weighted by Gasteiger charge is -2.32. The molecule has 0 amide bonds. The highest BCUT2D eigenvalue weighted by Gasteiger charge is 2.37. The number of aliphatic carboxylic acids is 1. The van der Waals surface area contributed by atoms with Crippen LogP contribution in [0.3, 0.4) is 0 Å². The predicted molar refractivity (Wildman–Crippen MR) is 121 cm³/mol. The average Bonchev–Trinajstić information content (AvgIpc) is 3.30. The number of methoxy groups -OCH3 is 2. The largest absolute Gasteiger partial charge is 0.493 e. The topological polar surface area (TPSA) is 59.0 Å². The summed E-state index contributed by atoms with van der Waals surface area (Å²) in [5, 5.41) is 9.82. The molecule has 3 aromatic rings. The number of nitrogens with zero attached hydrogens (tertiary/aromatic N) is 1. The predicted octanol–water partition coefficient (Wildman–Crippen LogP) is 5.01. The molecule has 1 fully saturated rings. The van der Waals surface area contributed by atoms with Gasteiger partial charge in [-0.2, -0.15) is 0 Å². The first-order chi connectivity index (χ1) is 15.1. The van der Waals surface area contributed by atoms with Gasteiger partial charge in [0.05, 0.1) is 20.3 Å². The number of carboxylic acid groups (broad SMARTS) is 1. The van der Waals surface area contributed by atoms with Gasteiger partial charge in [-0.25, -0.2) is 0 Å². The molecule has 0 radical (unpaired) electrons. The van der Waals surface area contributed by atoms with Crippen LogP contribution in [-0.4, -0.2) is 42.8 Å². The monoisotopic (exact) mass is 417 g/mol. The van der Waals surface area contributed by atoms with Gasteiger partial charge >= 0.3 is 5.97 Å². The Bertz CT molecular complexity index is 1030. The summed E-state index contributed by atoms with van der Waals surface area (Å²) >= 11 is 0. The van der Waals surface area contributed by atoms with Gasteiger partial charge in [0.15, 0.2) is 11.5 Å². The molecule has 0 spiro atoms. The Morgan fingerprint density at radius 1 is 0.903 bits per heavy atom. The van der Waals surface area contributed by atoms with Gasteiger partial charge in [-0.3, -0.25) is 9.69 Å². The summed E-state index contributed by atoms with van der Waals surface area (Å²) in [4.78, 5) is 14.0. The number of hydrogen-bond acceptors (Lipinski definition) is 4. The number of likely N-dealkylation sites (tertiary alicyclic amines) is 1. The molecule has 4 rings (SSSR count). The Hall–Kier alpha value is -3.31. The fraction of sp³-hybridized carbons (Fsp3) is 0.269. The molecule has 5 heteroatoms. The van der Waals surface area contributed by atoms with Gasteiger partial charge in [-0.1, -0.05) is 60.7 Å². The van der Waals surface area contributed by atoms with E-state index in [1.54, 1.807) is 14.2 Å². The van der Waals surface area contributed by atoms with Crippen LogP contribution in [0.2, 0.25) is 0 Å². The van der Waals surface area contributed by atoms with Gasteiger partial charge in [0.1, 0.15) is 6.04 Å². The first-order valence-electron chi connectivity index (χ1n) is 10.5. The Kier molecular flexibility index (Phi) is 6.23. The molecule has 0 bridgehead atoms. The molecular weight excluding hydrogens is 390 g/mol. The van der Waals surface area contributed by atoms with E-state index in [0.29, 0.717) is 17.9 Å². The first kappa shape index (κ1) is 20.9. The van der Waals surface area contributed by atoms with Crippen molar-refractivity contribution in [3.05, 3.63) is 83.9 Å². The Balaban J connectivity index is 1.77. The van der Waals surface area contributed by atoms with Crippen molar-refractivity contribution in [3.63, 3.8) is 0 Å². The lowest BCUT2D eigenvalue weighted by atomic mass is 9.94. The van der Waals surface area contributed by atoms with Crippen LogP contribution in [-0.2, 0) is 4.79 Å². The van der Waals surface area contributed by atoms with Gasteiger partial charge in [0.2, 0.25) is 0 Å². The van der Waals surface area contributed by atoms with Crippen LogP contribution in [0.15, 0.2) is 72.8 Å². The van der Waals surface area contributed by atoms with E-state index in [2.05, 4.69) is 41.3 Å². The van der Waals surface area contributed by atoms with Crippen molar-refractivity contribution in [2.24, 2.45) is 0 Å². The second kappa shape index (κ2) is 9.23. The maximum absolute atomic E-state index is 12.0. The molecule has 2 unspecified atom stereocenters. The second-order valence-electron chi connectivity index (χ2n) is 7.74. The number of ether oxygens (including phenoxy) is 2. The number of rotatable bonds is 7. The third-order valence-electron chi connectivity index (χ3n) is 5.97. The summed E-state index contributed by atoms with van der Waals surface area (Å²) in [6.45, 7) is 0.733. The molecule has 160 valence electrons. The second-order valence-corrected chi connectivity index (χ2v) is 7.74. The van der Waals surface area contributed by atoms with Crippen LogP contribution in [0.5, 0.6) is 11.5 Å². The fourth-order valence-electron chi connectivity index (χ4n) is 4.45. The average molecular weight is 418 g/mol. The smallest absolute Gasteiger partial charge is 0.320 e. The van der Waals surface area contributed by atoms with Crippen molar-refractivity contribution in [2.45, 2.75) is 24.9 Å². The zero-order chi connectivity index (χ0) is 21.8. The summed E-state index contributed by atoms with van der Waals surface area (Å²) in [7, 11) is 3.22. The number of carboxylic acids is 1. The van der Waals surface area contributed by atoms with Crippen LogP contribution in [0.4, 0.5) is 0 Å². The molecule has 1 aliphatic rings. The highest BCUT2D eigenvalue weighted by Crippen LogP contribution is 2.39. The van der Waals surface area contributed by atoms with Crippen LogP contribution < -0.4 is 9.47 Å². The number of hydrogen-bond donors (Lipinski definition) is 1. The molecule has 1 saturated heterocycles. The molecule has 0 aromatic heterocycles. The third kappa shape index (κ3) is 4.28. The van der Waals surface area contributed by atoms with Crippen LogP contribution >= 0.6 is 0 Å². The molecule has 0 aliphatic carbocycles. The van der Waals surface area contributed by atoms with Crippen molar-refractivity contribution in [1.29, 1.82) is 0 Å². The fourth-order valence-corrected chi connectivity index (χ4v) is 4.45. The quantitative estimate of drug-likeness (QED) is 0.586. The highest BCUT2D eigenvalue weighted by molar-refractivity contribution is 5.74. The van der Waals surface area contributed by atoms with Crippen LogP contribution in [0.25, 0.3) is 11.1 Å². The Morgan fingerprint density at radius 3 is 2.19 bits per heavy atom. The standard InChI is InChI=1S/C26H27NO4/c1-30-23-15-14-21(17-24(23)31-2)25(27-16-6-9-22(27)26(28)29)20-12-10-19(11-13-20)18-7-4-3-5-8-18/h3-5,7-8,10-15,17,22,25H,6,9,16H2,1-2H3,(H,28,29). The van der Waals surface area contributed by atoms with E-state index < -0.39 is 12.0 Å². The molecular formula is C26H27NO4. The van der Waals surface area contributed by atoms with E-state index in [0.717, 1.165) is 35.2 Å². The first-order valence-corrected chi connectivity index (χ1v) is 10.5. The minimum Gasteiger partial charge on any atom is -0.493 e. The lowest BCUT2D eigenvalue weighted by Crippen LogP contribution is -2.39. The zero-order valence-corrected chi connectivity index (χ0v) is 17.8. The van der Waals surface area contributed by atoms with Crippen molar-refractivity contribution in [2.75, 3.05) is 20.8 Å². The minimum absolute atomic E-state index is 0.187. The summed E-state index contributed by atoms with van der Waals surface area (Å²) in [6, 6.07) is 23.8. The van der Waals surface area contributed by atoms with Crippen LogP contribution in [0, 0.1) is 0 Å². The molecule has 1 aliphatic heterocycles. The Morgan fingerprint density at radius 2 is 1.55 bits per heavy atom. The van der Waals surface area contributed by atoms with Gasteiger partial charge in [0.25, 0.3) is 0 Å². The zero-order valence-electron chi connectivity index (χ0n) is 17.8. The molecule has 1 heterocycles. The van der Waals surface area contributed by atoms with E-state index in [4.69, 9.17) is 9.47 Å². The van der Waals surface area contributed by atoms with Crippen LogP contribution in [0.1, 0.15) is 30.0 Å². The highest BCUT2D eigenvalue weighted by atomic mass is 16.5. The van der Waals surface area contributed by atoms with Gasteiger partial charge < -0.3 is 14.6 Å². The molecule has 31 heavy (non-hydrogen) atoms. The summed E-state index contributed by atoms with van der Waals surface area (Å²) in [5.74, 6) is 0.515. The van der Waals surface area contributed by atoms with Gasteiger partial charge in [0, 0.05) is 6.54 Å². The molecule has 2 atom stereocenters. The summed E-state index contributed by atoms with van der Waals surface area (Å²) < 4.78 is 10.9. The number of carbonyl (C=O) groups is 1. The van der Waals surface area contributed by atoms with Crippen molar-refractivity contribution < 1.29 is 19.4 Å².